The quantitative estimate of drug-likeness (QED) is 0.669. The van der Waals surface area contributed by atoms with Gasteiger partial charge in [0.2, 0.25) is 0 Å². The zero-order valence-electron chi connectivity index (χ0n) is 11.8. The van der Waals surface area contributed by atoms with E-state index in [0.29, 0.717) is 11.4 Å². The zero-order valence-corrected chi connectivity index (χ0v) is 14.1. The summed E-state index contributed by atoms with van der Waals surface area (Å²) in [6.45, 7) is 0. The van der Waals surface area contributed by atoms with Crippen LogP contribution in [-0.4, -0.2) is 9.38 Å². The van der Waals surface area contributed by atoms with Gasteiger partial charge in [-0.3, -0.25) is 4.98 Å². The first kappa shape index (κ1) is 15.1. The van der Waals surface area contributed by atoms with Gasteiger partial charge in [0.1, 0.15) is 0 Å². The predicted octanol–water partition coefficient (Wildman–Crippen LogP) is 4.60. The summed E-state index contributed by atoms with van der Waals surface area (Å²) in [6.07, 6.45) is 5.62. The lowest BCUT2D eigenvalue weighted by molar-refractivity contribution is 0.900. The molecule has 5 heteroatoms. The minimum Gasteiger partial charge on any atom is -0.314 e. The van der Waals surface area contributed by atoms with Gasteiger partial charge in [-0.15, -0.1) is 0 Å². The van der Waals surface area contributed by atoms with E-state index >= 15 is 0 Å². The topological polar surface area (TPSA) is 41.1 Å². The molecular formula is C17H13BrClN3. The van der Waals surface area contributed by atoms with E-state index in [-0.39, 0.29) is 0 Å². The summed E-state index contributed by atoms with van der Waals surface area (Å²) < 4.78 is 2.74. The number of fused-ring (bicyclic) bond motifs is 1. The van der Waals surface area contributed by atoms with Crippen LogP contribution in [-0.2, 0) is 19.3 Å². The number of nitrogens with zero attached hydrogens (tertiary/aromatic N) is 3. The van der Waals surface area contributed by atoms with Crippen LogP contribution in [0, 0.1) is 11.3 Å². The van der Waals surface area contributed by atoms with Crippen molar-refractivity contribution in [2.24, 2.45) is 0 Å². The minimum atomic E-state index is 0.302. The summed E-state index contributed by atoms with van der Waals surface area (Å²) in [5.74, 6) is 0. The first-order valence-electron chi connectivity index (χ1n) is 6.95. The Balaban J connectivity index is 2.00. The van der Waals surface area contributed by atoms with E-state index in [2.05, 4.69) is 39.1 Å². The minimum absolute atomic E-state index is 0.302. The van der Waals surface area contributed by atoms with Crippen LogP contribution in [0.4, 0.5) is 0 Å². The highest BCUT2D eigenvalue weighted by atomic mass is 79.9. The molecule has 3 aromatic rings. The smallest absolute Gasteiger partial charge is 0.0870 e. The van der Waals surface area contributed by atoms with Crippen molar-refractivity contribution in [1.82, 2.24) is 9.38 Å². The maximum Gasteiger partial charge on any atom is 0.0870 e. The normalized spacial score (nSPS) is 10.8. The van der Waals surface area contributed by atoms with E-state index in [9.17, 15) is 0 Å². The highest BCUT2D eigenvalue weighted by Gasteiger charge is 2.17. The molecule has 0 atom stereocenters. The maximum atomic E-state index is 8.99. The summed E-state index contributed by atoms with van der Waals surface area (Å²) in [4.78, 5) is 4.49. The van der Waals surface area contributed by atoms with E-state index in [4.69, 9.17) is 16.9 Å². The number of rotatable bonds is 4. The van der Waals surface area contributed by atoms with Crippen LogP contribution in [0.25, 0.3) is 5.52 Å². The Morgan fingerprint density at radius 3 is 2.73 bits per heavy atom. The fourth-order valence-corrected chi connectivity index (χ4v) is 3.41. The van der Waals surface area contributed by atoms with Gasteiger partial charge in [-0.2, -0.15) is 5.26 Å². The number of hydrogen-bond acceptors (Lipinski definition) is 2. The van der Waals surface area contributed by atoms with Crippen molar-refractivity contribution in [2.75, 3.05) is 0 Å². The molecule has 0 N–H and O–H groups in total. The molecule has 0 aliphatic rings. The Hall–Kier alpha value is -1.83. The maximum absolute atomic E-state index is 8.99. The molecule has 3 nitrogen and oxygen atoms in total. The largest absolute Gasteiger partial charge is 0.314 e. The molecule has 110 valence electrons. The second kappa shape index (κ2) is 6.51. The molecule has 2 heterocycles. The molecule has 0 unspecified atom stereocenters. The summed E-state index contributed by atoms with van der Waals surface area (Å²) in [5, 5.41) is 9.62. The van der Waals surface area contributed by atoms with Crippen molar-refractivity contribution in [2.45, 2.75) is 19.3 Å². The molecule has 0 saturated carbocycles. The van der Waals surface area contributed by atoms with Gasteiger partial charge in [-0.1, -0.05) is 41.9 Å². The third kappa shape index (κ3) is 2.75. The molecule has 0 radical (unpaired) electrons. The monoisotopic (exact) mass is 373 g/mol. The first-order chi connectivity index (χ1) is 10.7. The predicted molar refractivity (Wildman–Crippen MR) is 91.1 cm³/mol. The lowest BCUT2D eigenvalue weighted by Gasteiger charge is -2.06. The summed E-state index contributed by atoms with van der Waals surface area (Å²) in [7, 11) is 0. The zero-order chi connectivity index (χ0) is 15.5. The van der Waals surface area contributed by atoms with E-state index in [0.717, 1.165) is 34.2 Å². The molecule has 0 spiro atoms. The Morgan fingerprint density at radius 1 is 1.23 bits per heavy atom. The van der Waals surface area contributed by atoms with E-state index in [1.165, 1.54) is 5.56 Å². The van der Waals surface area contributed by atoms with Gasteiger partial charge in [-0.25, -0.2) is 0 Å². The third-order valence-electron chi connectivity index (χ3n) is 3.64. The van der Waals surface area contributed by atoms with E-state index in [1.807, 2.05) is 28.8 Å². The molecule has 22 heavy (non-hydrogen) atoms. The van der Waals surface area contributed by atoms with Gasteiger partial charge in [0.05, 0.1) is 38.9 Å². The second-order valence-electron chi connectivity index (χ2n) is 4.99. The van der Waals surface area contributed by atoms with Crippen LogP contribution in [0.15, 0.2) is 47.2 Å². The lowest BCUT2D eigenvalue weighted by atomic mass is 10.1. The number of hydrogen-bond donors (Lipinski definition) is 0. The SMILES string of the molecule is N#CCc1c(Br)c(Cl)c2c(CCc3ccccc3)nccn12. The van der Waals surface area contributed by atoms with Crippen molar-refractivity contribution in [3.8, 4) is 6.07 Å². The van der Waals surface area contributed by atoms with Crippen molar-refractivity contribution >= 4 is 33.0 Å². The Bertz CT molecular complexity index is 850. The van der Waals surface area contributed by atoms with Gasteiger partial charge in [0, 0.05) is 12.4 Å². The van der Waals surface area contributed by atoms with Crippen molar-refractivity contribution in [3.05, 3.63) is 69.2 Å². The Labute approximate surface area is 142 Å². The molecule has 0 saturated heterocycles. The van der Waals surface area contributed by atoms with Gasteiger partial charge in [0.25, 0.3) is 0 Å². The lowest BCUT2D eigenvalue weighted by Crippen LogP contribution is -2.00. The number of aromatic nitrogens is 2. The summed E-state index contributed by atoms with van der Waals surface area (Å²) in [6, 6.07) is 12.5. The van der Waals surface area contributed by atoms with Crippen LogP contribution >= 0.6 is 27.5 Å². The van der Waals surface area contributed by atoms with Gasteiger partial charge < -0.3 is 4.40 Å². The number of aryl methyl sites for hydroxylation is 2. The van der Waals surface area contributed by atoms with Crippen molar-refractivity contribution in [1.29, 1.82) is 5.26 Å². The first-order valence-corrected chi connectivity index (χ1v) is 8.12. The molecule has 0 aliphatic carbocycles. The average Bonchev–Trinajstić information content (AvgIpc) is 2.80. The van der Waals surface area contributed by atoms with Crippen molar-refractivity contribution in [3.63, 3.8) is 0 Å². The number of nitriles is 1. The molecule has 0 bridgehead atoms. The molecule has 2 aromatic heterocycles. The van der Waals surface area contributed by atoms with Crippen molar-refractivity contribution < 1.29 is 0 Å². The van der Waals surface area contributed by atoms with Crippen LogP contribution in [0.1, 0.15) is 17.0 Å². The van der Waals surface area contributed by atoms with Crippen LogP contribution in [0.2, 0.25) is 5.02 Å². The van der Waals surface area contributed by atoms with Crippen LogP contribution < -0.4 is 0 Å². The van der Waals surface area contributed by atoms with Gasteiger partial charge >= 0.3 is 0 Å². The fourth-order valence-electron chi connectivity index (χ4n) is 2.59. The summed E-state index contributed by atoms with van der Waals surface area (Å²) in [5.41, 5.74) is 3.97. The molecule has 0 aliphatic heterocycles. The molecule has 1 aromatic carbocycles. The van der Waals surface area contributed by atoms with Gasteiger partial charge in [-0.05, 0) is 34.3 Å². The third-order valence-corrected chi connectivity index (χ3v) is 5.10. The molecule has 0 fully saturated rings. The summed E-state index contributed by atoms with van der Waals surface area (Å²) >= 11 is 9.95. The highest BCUT2D eigenvalue weighted by molar-refractivity contribution is 9.10. The molecular weight excluding hydrogens is 362 g/mol. The number of halogens is 2. The van der Waals surface area contributed by atoms with Crippen LogP contribution in [0.3, 0.4) is 0 Å². The fraction of sp³-hybridized carbons (Fsp3) is 0.176. The molecule has 3 rings (SSSR count). The van der Waals surface area contributed by atoms with E-state index < -0.39 is 0 Å². The average molecular weight is 375 g/mol. The molecule has 0 amide bonds. The Kier molecular flexibility index (Phi) is 4.47. The standard InChI is InChI=1S/C17H13BrClN3/c18-15-14(8-9-20)22-11-10-21-13(17(22)16(15)19)7-6-12-4-2-1-3-5-12/h1-5,10-11H,6-8H2. The van der Waals surface area contributed by atoms with Crippen LogP contribution in [0.5, 0.6) is 0 Å². The highest BCUT2D eigenvalue weighted by Crippen LogP contribution is 2.35. The van der Waals surface area contributed by atoms with E-state index in [1.54, 1.807) is 6.20 Å². The van der Waals surface area contributed by atoms with Gasteiger partial charge in [0.15, 0.2) is 0 Å². The Morgan fingerprint density at radius 2 is 2.00 bits per heavy atom. The second-order valence-corrected chi connectivity index (χ2v) is 6.16. The number of benzene rings is 1.